The van der Waals surface area contributed by atoms with Crippen LogP contribution < -0.4 is 11.0 Å². The van der Waals surface area contributed by atoms with Gasteiger partial charge < -0.3 is 24.8 Å². The molecule has 0 unspecified atom stereocenters. The number of aromatic amines is 2. The number of carbonyl (C=O) groups is 2. The third kappa shape index (κ3) is 3.55. The highest BCUT2D eigenvalue weighted by Crippen LogP contribution is 2.32. The molecule has 1 saturated heterocycles. The van der Waals surface area contributed by atoms with E-state index in [4.69, 9.17) is 0 Å². The lowest BCUT2D eigenvalue weighted by Crippen LogP contribution is -2.50. The Bertz CT molecular complexity index is 1130. The summed E-state index contributed by atoms with van der Waals surface area (Å²) in [4.78, 5) is 47.9. The fourth-order valence-electron chi connectivity index (χ4n) is 3.89. The van der Waals surface area contributed by atoms with E-state index in [0.717, 1.165) is 17.6 Å². The van der Waals surface area contributed by atoms with Gasteiger partial charge in [0.2, 0.25) is 5.91 Å². The first-order chi connectivity index (χ1) is 13.9. The number of H-pyrrole nitrogens is 2. The molecule has 2 amide bonds. The number of aryl methyl sites for hydroxylation is 1. The van der Waals surface area contributed by atoms with E-state index in [2.05, 4.69) is 27.2 Å². The Labute approximate surface area is 167 Å². The lowest BCUT2D eigenvalue weighted by Gasteiger charge is -2.39. The first-order valence-corrected chi connectivity index (χ1v) is 9.73. The Morgan fingerprint density at radius 2 is 2.17 bits per heavy atom. The molecule has 2 aromatic heterocycles. The Morgan fingerprint density at radius 3 is 2.90 bits per heavy atom. The number of nitrogens with one attached hydrogen (secondary N) is 3. The van der Waals surface area contributed by atoms with Gasteiger partial charge in [0.25, 0.3) is 5.91 Å². The number of amides is 2. The molecule has 1 aliphatic rings. The standard InChI is InChI=1S/C20H24N6O3/c1-3-25-12-22-14-9-13(5-6-16(14)25)23-18(28)20(2)7-4-8-26(11-20)17(27)15-10-21-19(29)24-15/h5-6,9-10,12H,3-4,7-8,11H2,1-2H3,(H,23,28)(H2,21,24,29)/t20-/m1/s1. The van der Waals surface area contributed by atoms with E-state index in [1.165, 1.54) is 6.20 Å². The normalized spacial score (nSPS) is 19.4. The van der Waals surface area contributed by atoms with Crippen molar-refractivity contribution in [2.45, 2.75) is 33.2 Å². The molecular weight excluding hydrogens is 372 g/mol. The minimum Gasteiger partial charge on any atom is -0.336 e. The second-order valence-corrected chi connectivity index (χ2v) is 7.74. The summed E-state index contributed by atoms with van der Waals surface area (Å²) in [7, 11) is 0. The molecule has 3 heterocycles. The van der Waals surface area contributed by atoms with Crippen LogP contribution in [0.3, 0.4) is 0 Å². The van der Waals surface area contributed by atoms with Crippen molar-refractivity contribution >= 4 is 28.5 Å². The highest BCUT2D eigenvalue weighted by Gasteiger charge is 2.39. The van der Waals surface area contributed by atoms with Crippen LogP contribution in [0.1, 0.15) is 37.2 Å². The molecule has 0 spiro atoms. The number of nitrogens with zero attached hydrogens (tertiary/aromatic N) is 3. The first-order valence-electron chi connectivity index (χ1n) is 9.73. The molecule has 9 heteroatoms. The zero-order valence-corrected chi connectivity index (χ0v) is 16.5. The van der Waals surface area contributed by atoms with Crippen LogP contribution in [0.2, 0.25) is 0 Å². The molecule has 9 nitrogen and oxygen atoms in total. The SMILES string of the molecule is CCn1cnc2cc(NC(=O)[C@]3(C)CCCN(C(=O)c4c[nH]c(=O)[nH]4)C3)ccc21. The lowest BCUT2D eigenvalue weighted by molar-refractivity contribution is -0.127. The number of rotatable bonds is 4. The third-order valence-corrected chi connectivity index (χ3v) is 5.58. The Balaban J connectivity index is 1.49. The van der Waals surface area contributed by atoms with Gasteiger partial charge in [0, 0.05) is 31.5 Å². The maximum Gasteiger partial charge on any atom is 0.323 e. The minimum atomic E-state index is -0.720. The monoisotopic (exact) mass is 396 g/mol. The Hall–Kier alpha value is -3.36. The maximum atomic E-state index is 13.1. The molecule has 0 aliphatic carbocycles. The average Bonchev–Trinajstić information content (AvgIpc) is 3.33. The summed E-state index contributed by atoms with van der Waals surface area (Å²) < 4.78 is 2.04. The van der Waals surface area contributed by atoms with Gasteiger partial charge in [-0.25, -0.2) is 9.78 Å². The van der Waals surface area contributed by atoms with Crippen molar-refractivity contribution in [1.29, 1.82) is 0 Å². The van der Waals surface area contributed by atoms with Crippen LogP contribution in [0.5, 0.6) is 0 Å². The van der Waals surface area contributed by atoms with Gasteiger partial charge in [0.15, 0.2) is 0 Å². The van der Waals surface area contributed by atoms with Gasteiger partial charge in [-0.05, 0) is 44.9 Å². The van der Waals surface area contributed by atoms with Crippen LogP contribution in [0.4, 0.5) is 5.69 Å². The van der Waals surface area contributed by atoms with Crippen LogP contribution in [0, 0.1) is 5.41 Å². The fourth-order valence-corrected chi connectivity index (χ4v) is 3.89. The van der Waals surface area contributed by atoms with E-state index in [1.54, 1.807) is 11.2 Å². The van der Waals surface area contributed by atoms with Gasteiger partial charge in [0.05, 0.1) is 22.8 Å². The van der Waals surface area contributed by atoms with E-state index in [0.29, 0.717) is 25.1 Å². The Kier molecular flexibility index (Phi) is 4.73. The molecule has 152 valence electrons. The molecular formula is C20H24N6O3. The summed E-state index contributed by atoms with van der Waals surface area (Å²) in [6.45, 7) is 5.59. The van der Waals surface area contributed by atoms with Crippen LogP contribution in [0.25, 0.3) is 11.0 Å². The zero-order chi connectivity index (χ0) is 20.6. The van der Waals surface area contributed by atoms with E-state index < -0.39 is 11.1 Å². The minimum absolute atomic E-state index is 0.133. The van der Waals surface area contributed by atoms with Gasteiger partial charge in [-0.15, -0.1) is 0 Å². The van der Waals surface area contributed by atoms with Gasteiger partial charge in [-0.3, -0.25) is 9.59 Å². The van der Waals surface area contributed by atoms with Crippen molar-refractivity contribution in [1.82, 2.24) is 24.4 Å². The van der Waals surface area contributed by atoms with Gasteiger partial charge in [-0.1, -0.05) is 0 Å². The predicted molar refractivity (Wildman–Crippen MR) is 109 cm³/mol. The number of fused-ring (bicyclic) bond motifs is 1. The summed E-state index contributed by atoms with van der Waals surface area (Å²) >= 11 is 0. The topological polar surface area (TPSA) is 116 Å². The molecule has 3 aromatic rings. The summed E-state index contributed by atoms with van der Waals surface area (Å²) in [5.74, 6) is -0.416. The van der Waals surface area contributed by atoms with Crippen LogP contribution in [0.15, 0.2) is 35.5 Å². The van der Waals surface area contributed by atoms with Gasteiger partial charge in [-0.2, -0.15) is 0 Å². The van der Waals surface area contributed by atoms with Crippen LogP contribution >= 0.6 is 0 Å². The lowest BCUT2D eigenvalue weighted by atomic mass is 9.80. The predicted octanol–water partition coefficient (Wildman–Crippen LogP) is 1.95. The number of hydrogen-bond donors (Lipinski definition) is 3. The van der Waals surface area contributed by atoms with Crippen molar-refractivity contribution in [3.05, 3.63) is 46.9 Å². The maximum absolute atomic E-state index is 13.1. The number of piperidine rings is 1. The molecule has 1 atom stereocenters. The molecule has 4 rings (SSSR count). The summed E-state index contributed by atoms with van der Waals surface area (Å²) in [5.41, 5.74) is 1.59. The fraction of sp³-hybridized carbons (Fsp3) is 0.400. The van der Waals surface area contributed by atoms with Crippen LogP contribution in [-0.4, -0.2) is 49.3 Å². The second kappa shape index (κ2) is 7.23. The van der Waals surface area contributed by atoms with E-state index in [-0.39, 0.29) is 24.1 Å². The average molecular weight is 396 g/mol. The molecule has 1 aliphatic heterocycles. The van der Waals surface area contributed by atoms with Gasteiger partial charge in [0.1, 0.15) is 5.69 Å². The third-order valence-electron chi connectivity index (χ3n) is 5.58. The van der Waals surface area contributed by atoms with Crippen molar-refractivity contribution in [3.63, 3.8) is 0 Å². The molecule has 29 heavy (non-hydrogen) atoms. The van der Waals surface area contributed by atoms with E-state index in [1.807, 2.05) is 29.7 Å². The van der Waals surface area contributed by atoms with Gasteiger partial charge >= 0.3 is 5.69 Å². The largest absolute Gasteiger partial charge is 0.336 e. The van der Waals surface area contributed by atoms with Crippen molar-refractivity contribution in [2.24, 2.45) is 5.41 Å². The first kappa shape index (κ1) is 19.0. The van der Waals surface area contributed by atoms with E-state index >= 15 is 0 Å². The smallest absolute Gasteiger partial charge is 0.323 e. The summed E-state index contributed by atoms with van der Waals surface area (Å²) in [5, 5.41) is 2.98. The number of anilines is 1. The van der Waals surface area contributed by atoms with Crippen molar-refractivity contribution in [3.8, 4) is 0 Å². The highest BCUT2D eigenvalue weighted by atomic mass is 16.2. The van der Waals surface area contributed by atoms with Crippen LogP contribution in [-0.2, 0) is 11.3 Å². The Morgan fingerprint density at radius 1 is 1.34 bits per heavy atom. The molecule has 0 saturated carbocycles. The summed E-state index contributed by atoms with van der Waals surface area (Å²) in [6, 6.07) is 5.68. The molecule has 0 radical (unpaired) electrons. The van der Waals surface area contributed by atoms with Crippen molar-refractivity contribution in [2.75, 3.05) is 18.4 Å². The number of aromatic nitrogens is 4. The number of hydrogen-bond acceptors (Lipinski definition) is 4. The molecule has 1 fully saturated rings. The van der Waals surface area contributed by atoms with E-state index in [9.17, 15) is 14.4 Å². The molecule has 3 N–H and O–H groups in total. The number of imidazole rings is 2. The molecule has 0 bridgehead atoms. The number of benzene rings is 1. The number of likely N-dealkylation sites (tertiary alicyclic amines) is 1. The zero-order valence-electron chi connectivity index (χ0n) is 16.5. The van der Waals surface area contributed by atoms with Crippen molar-refractivity contribution < 1.29 is 9.59 Å². The quantitative estimate of drug-likeness (QED) is 0.625. The molecule has 1 aromatic carbocycles. The highest BCUT2D eigenvalue weighted by molar-refractivity contribution is 5.98. The second-order valence-electron chi connectivity index (χ2n) is 7.74. The number of carbonyl (C=O) groups excluding carboxylic acids is 2. The summed E-state index contributed by atoms with van der Waals surface area (Å²) in [6.07, 6.45) is 4.54.